The van der Waals surface area contributed by atoms with Crippen LogP contribution < -0.4 is 5.56 Å². The monoisotopic (exact) mass is 402 g/mol. The fourth-order valence-corrected chi connectivity index (χ4v) is 4.31. The molecule has 4 rings (SSSR count). The van der Waals surface area contributed by atoms with Crippen molar-refractivity contribution in [3.8, 4) is 5.69 Å². The third-order valence-corrected chi connectivity index (χ3v) is 5.87. The molecule has 0 unspecified atom stereocenters. The van der Waals surface area contributed by atoms with Crippen LogP contribution in [0.2, 0.25) is 0 Å². The Bertz CT molecular complexity index is 877. The predicted molar refractivity (Wildman–Crippen MR) is 110 cm³/mol. The zero-order valence-electron chi connectivity index (χ0n) is 17.3. The maximum Gasteiger partial charge on any atom is 0.290 e. The van der Waals surface area contributed by atoms with Crippen LogP contribution in [-0.2, 0) is 23.1 Å². The highest BCUT2D eigenvalue weighted by Crippen LogP contribution is 2.20. The van der Waals surface area contributed by atoms with Gasteiger partial charge in [0, 0.05) is 50.9 Å². The summed E-state index contributed by atoms with van der Waals surface area (Å²) in [6.45, 7) is 7.11. The fourth-order valence-electron chi connectivity index (χ4n) is 4.31. The lowest BCUT2D eigenvalue weighted by atomic mass is 10.1. The van der Waals surface area contributed by atoms with Gasteiger partial charge in [0.15, 0.2) is 0 Å². The summed E-state index contributed by atoms with van der Waals surface area (Å²) in [6.07, 6.45) is 0. The van der Waals surface area contributed by atoms with Crippen molar-refractivity contribution in [2.45, 2.75) is 19.5 Å². The molecule has 0 spiro atoms. The number of fused-ring (bicyclic) bond motifs is 3. The van der Waals surface area contributed by atoms with Gasteiger partial charge in [0.1, 0.15) is 0 Å². The largest absolute Gasteiger partial charge is 0.483 e. The Labute approximate surface area is 170 Å². The first kappa shape index (κ1) is 21.3. The summed E-state index contributed by atoms with van der Waals surface area (Å²) in [6, 6.07) is 10.3. The second-order valence-corrected chi connectivity index (χ2v) is 7.84. The van der Waals surface area contributed by atoms with E-state index >= 15 is 0 Å². The molecule has 2 fully saturated rings. The molecule has 2 atom stereocenters. The highest BCUT2D eigenvalue weighted by atomic mass is 16.5. The van der Waals surface area contributed by atoms with Gasteiger partial charge < -0.3 is 9.84 Å². The molecule has 2 aliphatic heterocycles. The van der Waals surface area contributed by atoms with E-state index in [1.807, 2.05) is 49.0 Å². The van der Waals surface area contributed by atoms with Gasteiger partial charge in [-0.05, 0) is 26.1 Å². The molecule has 29 heavy (non-hydrogen) atoms. The predicted octanol–water partition coefficient (Wildman–Crippen LogP) is 0.948. The van der Waals surface area contributed by atoms with Gasteiger partial charge in [0.2, 0.25) is 0 Å². The van der Waals surface area contributed by atoms with Gasteiger partial charge in [-0.2, -0.15) is 0 Å². The Morgan fingerprint density at radius 1 is 1.14 bits per heavy atom. The Morgan fingerprint density at radius 3 is 2.52 bits per heavy atom. The van der Waals surface area contributed by atoms with Crippen LogP contribution in [0.15, 0.2) is 35.1 Å². The molecule has 8 nitrogen and oxygen atoms in total. The third-order valence-electron chi connectivity index (χ3n) is 5.87. The molecule has 0 radical (unpaired) electrons. The number of hydrogen-bond donors (Lipinski definition) is 1. The van der Waals surface area contributed by atoms with Crippen molar-refractivity contribution in [2.24, 2.45) is 13.0 Å². The molecule has 0 amide bonds. The maximum absolute atomic E-state index is 13.2. The molecule has 2 bridgehead atoms. The number of benzene rings is 1. The molecule has 158 valence electrons. The van der Waals surface area contributed by atoms with Crippen molar-refractivity contribution in [3.05, 3.63) is 51.9 Å². The Balaban J connectivity index is 0.000000755. The fraction of sp³-hybridized carbons (Fsp3) is 0.524. The van der Waals surface area contributed by atoms with Crippen LogP contribution in [0.1, 0.15) is 11.3 Å². The van der Waals surface area contributed by atoms with Crippen molar-refractivity contribution in [3.63, 3.8) is 0 Å². The number of nitrogens with zero attached hydrogens (tertiary/aromatic N) is 4. The molecule has 2 aromatic rings. The number of carbonyl (C=O) groups is 1. The average molecular weight is 402 g/mol. The summed E-state index contributed by atoms with van der Waals surface area (Å²) in [7, 11) is 4.15. The topological polar surface area (TPSA) is 79.9 Å². The van der Waals surface area contributed by atoms with E-state index in [-0.39, 0.29) is 12.0 Å². The standard InChI is InChI=1S/C20H28N4O2.CH2O2/c1-15-19(20(25)24(22(15)3)17-7-5-4-6-8-17)12-23-10-16-9-21(2)18(11-23)14-26-13-16;2-1-3/h4-8,16,18H,9-14H2,1-3H3;1H,(H,2,3)/t16-,18+;/m1./s1. The third kappa shape index (κ3) is 4.60. The van der Waals surface area contributed by atoms with Crippen LogP contribution in [0.4, 0.5) is 0 Å². The molecule has 0 saturated carbocycles. The SMILES string of the molecule is Cc1c(CN2C[C@@H]3COC[C@H](C2)N(C)C3)c(=O)n(-c2ccccc2)n1C.O=CO. The summed E-state index contributed by atoms with van der Waals surface area (Å²) in [5, 5.41) is 6.89. The molecule has 3 heterocycles. The van der Waals surface area contributed by atoms with Crippen molar-refractivity contribution in [2.75, 3.05) is 39.9 Å². The Kier molecular flexibility index (Phi) is 6.89. The Hall–Kier alpha value is -2.42. The van der Waals surface area contributed by atoms with Crippen LogP contribution in [0, 0.1) is 12.8 Å². The van der Waals surface area contributed by atoms with E-state index in [9.17, 15) is 4.79 Å². The van der Waals surface area contributed by atoms with Gasteiger partial charge in [-0.1, -0.05) is 18.2 Å². The normalized spacial score (nSPS) is 22.4. The van der Waals surface area contributed by atoms with Gasteiger partial charge in [-0.3, -0.25) is 24.1 Å². The molecule has 1 N–H and O–H groups in total. The summed E-state index contributed by atoms with van der Waals surface area (Å²) >= 11 is 0. The van der Waals surface area contributed by atoms with Gasteiger partial charge in [0.25, 0.3) is 12.0 Å². The second kappa shape index (κ2) is 9.39. The molecule has 2 saturated heterocycles. The highest BCUT2D eigenvalue weighted by molar-refractivity contribution is 5.33. The van der Waals surface area contributed by atoms with E-state index in [0.29, 0.717) is 18.5 Å². The summed E-state index contributed by atoms with van der Waals surface area (Å²) < 4.78 is 9.57. The number of likely N-dealkylation sites (N-methyl/N-ethyl adjacent to an activating group) is 1. The zero-order chi connectivity index (χ0) is 21.0. The van der Waals surface area contributed by atoms with Crippen molar-refractivity contribution in [1.29, 1.82) is 0 Å². The maximum atomic E-state index is 13.2. The second-order valence-electron chi connectivity index (χ2n) is 7.84. The van der Waals surface area contributed by atoms with Gasteiger partial charge in [-0.15, -0.1) is 0 Å². The number of carboxylic acid groups (broad SMARTS) is 1. The van der Waals surface area contributed by atoms with Crippen molar-refractivity contribution >= 4 is 6.47 Å². The minimum Gasteiger partial charge on any atom is -0.483 e. The van der Waals surface area contributed by atoms with Crippen LogP contribution in [0.25, 0.3) is 5.69 Å². The molecule has 2 aliphatic rings. The van der Waals surface area contributed by atoms with Crippen LogP contribution in [0.5, 0.6) is 0 Å². The number of ether oxygens (including phenoxy) is 1. The van der Waals surface area contributed by atoms with Gasteiger partial charge >= 0.3 is 0 Å². The van der Waals surface area contributed by atoms with Gasteiger partial charge in [0.05, 0.1) is 24.5 Å². The Morgan fingerprint density at radius 2 is 1.83 bits per heavy atom. The van der Waals surface area contributed by atoms with Crippen LogP contribution in [-0.4, -0.2) is 76.7 Å². The lowest BCUT2D eigenvalue weighted by Gasteiger charge is -2.29. The molecular weight excluding hydrogens is 372 g/mol. The first-order chi connectivity index (χ1) is 14.0. The average Bonchev–Trinajstić information content (AvgIpc) is 2.83. The number of hydrogen-bond acceptors (Lipinski definition) is 5. The smallest absolute Gasteiger partial charge is 0.290 e. The molecular formula is C21H30N4O4. The van der Waals surface area contributed by atoms with Crippen LogP contribution >= 0.6 is 0 Å². The van der Waals surface area contributed by atoms with E-state index in [0.717, 1.165) is 49.8 Å². The molecule has 1 aromatic heterocycles. The van der Waals surface area contributed by atoms with Crippen LogP contribution in [0.3, 0.4) is 0 Å². The molecule has 8 heteroatoms. The number of rotatable bonds is 3. The van der Waals surface area contributed by atoms with E-state index in [2.05, 4.69) is 16.8 Å². The van der Waals surface area contributed by atoms with E-state index in [1.54, 1.807) is 4.68 Å². The van der Waals surface area contributed by atoms with E-state index in [1.165, 1.54) is 0 Å². The number of para-hydroxylation sites is 1. The zero-order valence-corrected chi connectivity index (χ0v) is 17.3. The summed E-state index contributed by atoms with van der Waals surface area (Å²) in [4.78, 5) is 26.4. The van der Waals surface area contributed by atoms with Crippen molar-refractivity contribution in [1.82, 2.24) is 19.2 Å². The first-order valence-corrected chi connectivity index (χ1v) is 9.87. The number of aromatic nitrogens is 2. The summed E-state index contributed by atoms with van der Waals surface area (Å²) in [5.41, 5.74) is 2.95. The first-order valence-electron chi connectivity index (χ1n) is 9.87. The highest BCUT2D eigenvalue weighted by Gasteiger charge is 2.32. The minimum atomic E-state index is -0.250. The molecule has 1 aromatic carbocycles. The summed E-state index contributed by atoms with van der Waals surface area (Å²) in [5.74, 6) is 0.507. The van der Waals surface area contributed by atoms with E-state index in [4.69, 9.17) is 14.6 Å². The van der Waals surface area contributed by atoms with Crippen molar-refractivity contribution < 1.29 is 14.6 Å². The quantitative estimate of drug-likeness (QED) is 0.770. The lowest BCUT2D eigenvalue weighted by molar-refractivity contribution is -0.122. The van der Waals surface area contributed by atoms with Gasteiger partial charge in [-0.25, -0.2) is 4.68 Å². The minimum absolute atomic E-state index is 0.0928. The van der Waals surface area contributed by atoms with E-state index < -0.39 is 0 Å². The molecule has 0 aliphatic carbocycles. The lowest BCUT2D eigenvalue weighted by Crippen LogP contribution is -2.42.